The van der Waals surface area contributed by atoms with Gasteiger partial charge in [-0.25, -0.2) is 0 Å². The van der Waals surface area contributed by atoms with Crippen molar-refractivity contribution in [1.29, 1.82) is 0 Å². The van der Waals surface area contributed by atoms with Gasteiger partial charge in [-0.05, 0) is 6.92 Å². The van der Waals surface area contributed by atoms with Crippen LogP contribution in [0.3, 0.4) is 0 Å². The second-order valence-corrected chi connectivity index (χ2v) is 1.99. The van der Waals surface area contributed by atoms with Gasteiger partial charge in [0.05, 0.1) is 0 Å². The van der Waals surface area contributed by atoms with Gasteiger partial charge in [-0.3, -0.25) is 4.57 Å². The van der Waals surface area contributed by atoms with Gasteiger partial charge in [-0.1, -0.05) is 13.0 Å². The second kappa shape index (κ2) is 3.15. The number of aromatic nitrogens is 3. The molecule has 0 bridgehead atoms. The lowest BCUT2D eigenvalue weighted by molar-refractivity contribution is 0.907. The Balaban J connectivity index is 2.90. The molecule has 0 saturated heterocycles. The molecular formula is C7H11N3. The highest BCUT2D eigenvalue weighted by Gasteiger charge is 1.94. The second-order valence-electron chi connectivity index (χ2n) is 1.99. The molecule has 1 rings (SSSR count). The fraction of sp³-hybridized carbons (Fsp3) is 0.429. The van der Waals surface area contributed by atoms with E-state index in [1.54, 1.807) is 6.33 Å². The number of rotatable bonds is 2. The van der Waals surface area contributed by atoms with E-state index in [1.807, 2.05) is 23.8 Å². The number of nitrogens with zero attached hydrogens (tertiary/aromatic N) is 3. The molecule has 0 amide bonds. The normalized spacial score (nSPS) is 11.0. The van der Waals surface area contributed by atoms with E-state index in [0.29, 0.717) is 0 Å². The molecule has 0 fully saturated rings. The maximum atomic E-state index is 3.92. The van der Waals surface area contributed by atoms with Crippen LogP contribution in [0.5, 0.6) is 0 Å². The Morgan fingerprint density at radius 2 is 2.50 bits per heavy atom. The Hall–Kier alpha value is -1.12. The lowest BCUT2D eigenvalue weighted by Gasteiger charge is -1.93. The molecule has 0 spiro atoms. The fourth-order valence-electron chi connectivity index (χ4n) is 0.805. The summed E-state index contributed by atoms with van der Waals surface area (Å²) in [6.07, 6.45) is 6.53. The van der Waals surface area contributed by atoms with Crippen molar-refractivity contribution in [2.24, 2.45) is 0 Å². The van der Waals surface area contributed by atoms with E-state index >= 15 is 0 Å². The third kappa shape index (κ3) is 1.23. The Morgan fingerprint density at radius 3 is 3.10 bits per heavy atom. The van der Waals surface area contributed by atoms with E-state index in [4.69, 9.17) is 0 Å². The van der Waals surface area contributed by atoms with Gasteiger partial charge in [-0.15, -0.1) is 10.2 Å². The summed E-state index contributed by atoms with van der Waals surface area (Å²) >= 11 is 0. The van der Waals surface area contributed by atoms with Crippen LogP contribution in [0.25, 0.3) is 6.20 Å². The maximum Gasteiger partial charge on any atom is 0.136 e. The smallest absolute Gasteiger partial charge is 0.136 e. The Morgan fingerprint density at radius 1 is 1.70 bits per heavy atom. The van der Waals surface area contributed by atoms with Gasteiger partial charge in [0.15, 0.2) is 0 Å². The molecule has 3 nitrogen and oxygen atoms in total. The largest absolute Gasteiger partial charge is 0.293 e. The molecule has 0 atom stereocenters. The van der Waals surface area contributed by atoms with Gasteiger partial charge in [-0.2, -0.15) is 0 Å². The molecule has 0 N–H and O–H groups in total. The first kappa shape index (κ1) is 6.99. The molecule has 0 unspecified atom stereocenters. The van der Waals surface area contributed by atoms with Crippen LogP contribution in [0.2, 0.25) is 0 Å². The monoisotopic (exact) mass is 137 g/mol. The molecule has 0 saturated carbocycles. The summed E-state index contributed by atoms with van der Waals surface area (Å²) in [6.45, 7) is 4.03. The first-order valence-electron chi connectivity index (χ1n) is 3.39. The van der Waals surface area contributed by atoms with E-state index in [0.717, 1.165) is 12.2 Å². The molecule has 1 aromatic heterocycles. The van der Waals surface area contributed by atoms with Crippen molar-refractivity contribution in [2.75, 3.05) is 0 Å². The first-order chi connectivity index (χ1) is 4.88. The van der Waals surface area contributed by atoms with E-state index in [9.17, 15) is 0 Å². The van der Waals surface area contributed by atoms with E-state index in [2.05, 4.69) is 17.1 Å². The Labute approximate surface area is 60.4 Å². The van der Waals surface area contributed by atoms with E-state index in [-0.39, 0.29) is 0 Å². The van der Waals surface area contributed by atoms with Gasteiger partial charge in [0, 0.05) is 12.6 Å². The average Bonchev–Trinajstić information content (AvgIpc) is 2.36. The van der Waals surface area contributed by atoms with Crippen LogP contribution in [0, 0.1) is 0 Å². The van der Waals surface area contributed by atoms with Crippen LogP contribution in [0.15, 0.2) is 12.4 Å². The summed E-state index contributed by atoms with van der Waals surface area (Å²) in [5.41, 5.74) is 0. The van der Waals surface area contributed by atoms with Gasteiger partial charge in [0.1, 0.15) is 12.2 Å². The zero-order chi connectivity index (χ0) is 7.40. The minimum Gasteiger partial charge on any atom is -0.293 e. The zero-order valence-electron chi connectivity index (χ0n) is 6.28. The summed E-state index contributed by atoms with van der Waals surface area (Å²) < 4.78 is 1.92. The molecule has 1 aromatic rings. The van der Waals surface area contributed by atoms with Crippen molar-refractivity contribution in [1.82, 2.24) is 14.8 Å². The summed E-state index contributed by atoms with van der Waals surface area (Å²) in [5.74, 6) is 0.998. The average molecular weight is 137 g/mol. The number of allylic oxidation sites excluding steroid dienone is 1. The molecule has 0 aliphatic heterocycles. The van der Waals surface area contributed by atoms with Crippen molar-refractivity contribution in [3.05, 3.63) is 18.2 Å². The van der Waals surface area contributed by atoms with Crippen molar-refractivity contribution in [3.63, 3.8) is 0 Å². The van der Waals surface area contributed by atoms with Crippen LogP contribution in [0.1, 0.15) is 19.7 Å². The third-order valence-electron chi connectivity index (χ3n) is 1.27. The molecule has 1 heterocycles. The standard InChI is InChI=1S/C7H11N3/c1-3-5-10-6-8-9-7(10)4-2/h3,5-6H,4H2,1-2H3. The molecule has 0 aliphatic carbocycles. The molecule has 3 heteroatoms. The summed E-state index contributed by atoms with van der Waals surface area (Å²) in [6, 6.07) is 0. The summed E-state index contributed by atoms with van der Waals surface area (Å²) in [7, 11) is 0. The lowest BCUT2D eigenvalue weighted by Crippen LogP contribution is -1.92. The summed E-state index contributed by atoms with van der Waals surface area (Å²) in [5, 5.41) is 7.69. The van der Waals surface area contributed by atoms with Gasteiger partial charge in [0.2, 0.25) is 0 Å². The van der Waals surface area contributed by atoms with Crippen molar-refractivity contribution >= 4 is 6.20 Å². The van der Waals surface area contributed by atoms with Crippen molar-refractivity contribution < 1.29 is 0 Å². The van der Waals surface area contributed by atoms with E-state index in [1.165, 1.54) is 0 Å². The number of hydrogen-bond donors (Lipinski definition) is 0. The Kier molecular flexibility index (Phi) is 2.20. The number of aryl methyl sites for hydroxylation is 1. The maximum absolute atomic E-state index is 3.92. The first-order valence-corrected chi connectivity index (χ1v) is 3.39. The van der Waals surface area contributed by atoms with Crippen LogP contribution in [0.4, 0.5) is 0 Å². The quantitative estimate of drug-likeness (QED) is 0.615. The highest BCUT2D eigenvalue weighted by atomic mass is 15.2. The predicted octanol–water partition coefficient (Wildman–Crippen LogP) is 1.33. The van der Waals surface area contributed by atoms with Gasteiger partial charge < -0.3 is 0 Å². The van der Waals surface area contributed by atoms with Crippen LogP contribution >= 0.6 is 0 Å². The molecule has 0 aliphatic rings. The van der Waals surface area contributed by atoms with Crippen molar-refractivity contribution in [2.45, 2.75) is 20.3 Å². The third-order valence-corrected chi connectivity index (χ3v) is 1.27. The van der Waals surface area contributed by atoms with Crippen LogP contribution in [-0.2, 0) is 6.42 Å². The highest BCUT2D eigenvalue weighted by Crippen LogP contribution is 1.95. The fourth-order valence-corrected chi connectivity index (χ4v) is 0.805. The van der Waals surface area contributed by atoms with E-state index < -0.39 is 0 Å². The topological polar surface area (TPSA) is 30.7 Å². The predicted molar refractivity (Wildman–Crippen MR) is 40.4 cm³/mol. The minimum absolute atomic E-state index is 0.921. The molecule has 0 aromatic carbocycles. The lowest BCUT2D eigenvalue weighted by atomic mass is 10.4. The molecule has 54 valence electrons. The highest BCUT2D eigenvalue weighted by molar-refractivity contribution is 5.21. The molecular weight excluding hydrogens is 126 g/mol. The van der Waals surface area contributed by atoms with Crippen molar-refractivity contribution in [3.8, 4) is 0 Å². The summed E-state index contributed by atoms with van der Waals surface area (Å²) in [4.78, 5) is 0. The number of hydrogen-bond acceptors (Lipinski definition) is 2. The van der Waals surface area contributed by atoms with Gasteiger partial charge in [0.25, 0.3) is 0 Å². The Bertz CT molecular complexity index is 225. The SMILES string of the molecule is CC=Cn1cnnc1CC. The molecule has 0 radical (unpaired) electrons. The van der Waals surface area contributed by atoms with Crippen LogP contribution < -0.4 is 0 Å². The van der Waals surface area contributed by atoms with Gasteiger partial charge >= 0.3 is 0 Å². The zero-order valence-corrected chi connectivity index (χ0v) is 6.28. The minimum atomic E-state index is 0.921. The van der Waals surface area contributed by atoms with Crippen LogP contribution in [-0.4, -0.2) is 14.8 Å². The molecule has 10 heavy (non-hydrogen) atoms.